The van der Waals surface area contributed by atoms with Gasteiger partial charge in [-0.2, -0.15) is 4.98 Å². The lowest BCUT2D eigenvalue weighted by Crippen LogP contribution is -2.35. The summed E-state index contributed by atoms with van der Waals surface area (Å²) in [6.45, 7) is 1.51. The second-order valence-electron chi connectivity index (χ2n) is 6.98. The van der Waals surface area contributed by atoms with Gasteiger partial charge in [-0.1, -0.05) is 42.3 Å². The van der Waals surface area contributed by atoms with Gasteiger partial charge in [0.25, 0.3) is 11.8 Å². The Kier molecular flexibility index (Phi) is 5.84. The van der Waals surface area contributed by atoms with Crippen LogP contribution < -0.4 is 4.74 Å². The van der Waals surface area contributed by atoms with Crippen LogP contribution >= 0.6 is 0 Å². The maximum atomic E-state index is 14.0. The molecular formula is C22H22FN3O3. The number of aromatic nitrogens is 2. The van der Waals surface area contributed by atoms with Crippen LogP contribution in [0, 0.1) is 5.82 Å². The van der Waals surface area contributed by atoms with Gasteiger partial charge in [0.05, 0.1) is 11.1 Å². The molecule has 2 aromatic carbocycles. The van der Waals surface area contributed by atoms with Gasteiger partial charge in [0, 0.05) is 13.1 Å². The summed E-state index contributed by atoms with van der Waals surface area (Å²) in [5.41, 5.74) is 0.823. The number of carbonyl (C=O) groups is 1. The number of likely N-dealkylation sites (tertiary alicyclic amines) is 1. The quantitative estimate of drug-likeness (QED) is 0.643. The minimum Gasteiger partial charge on any atom is -0.483 e. The maximum absolute atomic E-state index is 14.0. The SMILES string of the molecule is O=C(COc1ccccc1-c1noc(-c2ccccc2F)n1)N1CCCCCC1. The van der Waals surface area contributed by atoms with Crippen LogP contribution in [0.4, 0.5) is 4.39 Å². The predicted octanol–water partition coefficient (Wildman–Crippen LogP) is 4.32. The Bertz CT molecular complexity index is 981. The van der Waals surface area contributed by atoms with Gasteiger partial charge in [-0.25, -0.2) is 4.39 Å². The van der Waals surface area contributed by atoms with E-state index in [1.165, 1.54) is 6.07 Å². The zero-order valence-corrected chi connectivity index (χ0v) is 16.0. The van der Waals surface area contributed by atoms with Crippen molar-refractivity contribution in [1.82, 2.24) is 15.0 Å². The molecule has 7 heteroatoms. The zero-order valence-electron chi connectivity index (χ0n) is 16.0. The molecule has 29 heavy (non-hydrogen) atoms. The molecule has 4 rings (SSSR count). The molecule has 1 amide bonds. The van der Waals surface area contributed by atoms with Crippen molar-refractivity contribution in [2.75, 3.05) is 19.7 Å². The van der Waals surface area contributed by atoms with Gasteiger partial charge in [0.2, 0.25) is 5.82 Å². The van der Waals surface area contributed by atoms with Crippen LogP contribution in [0.25, 0.3) is 22.8 Å². The molecule has 0 spiro atoms. The third-order valence-corrected chi connectivity index (χ3v) is 4.97. The van der Waals surface area contributed by atoms with E-state index in [1.54, 1.807) is 30.3 Å². The van der Waals surface area contributed by atoms with Crippen molar-refractivity contribution < 1.29 is 18.4 Å². The number of para-hydroxylation sites is 1. The Morgan fingerprint density at radius 1 is 1.00 bits per heavy atom. The van der Waals surface area contributed by atoms with Gasteiger partial charge >= 0.3 is 0 Å². The first-order chi connectivity index (χ1) is 14.2. The fourth-order valence-electron chi connectivity index (χ4n) is 3.41. The zero-order chi connectivity index (χ0) is 20.1. The minimum atomic E-state index is -0.435. The summed E-state index contributed by atoms with van der Waals surface area (Å²) in [5.74, 6) is 0.392. The summed E-state index contributed by atoms with van der Waals surface area (Å²) in [4.78, 5) is 18.7. The van der Waals surface area contributed by atoms with Crippen LogP contribution in [0.2, 0.25) is 0 Å². The normalized spacial score (nSPS) is 14.4. The lowest BCUT2D eigenvalue weighted by Gasteiger charge is -2.20. The standard InChI is InChI=1S/C22H22FN3O3/c23-18-11-5-3-9-16(18)22-24-21(25-29-22)17-10-4-6-12-19(17)28-15-20(27)26-13-7-1-2-8-14-26/h3-6,9-12H,1-2,7-8,13-15H2. The molecule has 0 aliphatic carbocycles. The van der Waals surface area contributed by atoms with E-state index < -0.39 is 5.82 Å². The number of rotatable bonds is 5. The van der Waals surface area contributed by atoms with Crippen LogP contribution in [0.3, 0.4) is 0 Å². The number of ether oxygens (including phenoxy) is 1. The van der Waals surface area contributed by atoms with E-state index in [9.17, 15) is 9.18 Å². The van der Waals surface area contributed by atoms with Crippen LogP contribution in [-0.4, -0.2) is 40.6 Å². The molecule has 1 saturated heterocycles. The Morgan fingerprint density at radius 3 is 2.45 bits per heavy atom. The molecule has 0 N–H and O–H groups in total. The number of nitrogens with zero attached hydrogens (tertiary/aromatic N) is 3. The highest BCUT2D eigenvalue weighted by molar-refractivity contribution is 5.78. The van der Waals surface area contributed by atoms with Crippen molar-refractivity contribution in [3.05, 3.63) is 54.3 Å². The average Bonchev–Trinajstić information content (AvgIpc) is 3.06. The summed E-state index contributed by atoms with van der Waals surface area (Å²) >= 11 is 0. The van der Waals surface area contributed by atoms with Crippen LogP contribution in [0.15, 0.2) is 53.1 Å². The minimum absolute atomic E-state index is 0.0261. The van der Waals surface area contributed by atoms with E-state index in [0.717, 1.165) is 38.8 Å². The monoisotopic (exact) mass is 395 g/mol. The predicted molar refractivity (Wildman–Crippen MR) is 106 cm³/mol. The van der Waals surface area contributed by atoms with Crippen LogP contribution in [0.5, 0.6) is 5.75 Å². The molecule has 0 radical (unpaired) electrons. The van der Waals surface area contributed by atoms with Crippen molar-refractivity contribution >= 4 is 5.91 Å². The first-order valence-corrected chi connectivity index (χ1v) is 9.81. The Balaban J connectivity index is 1.50. The highest BCUT2D eigenvalue weighted by Gasteiger charge is 2.19. The Morgan fingerprint density at radius 2 is 1.69 bits per heavy atom. The second kappa shape index (κ2) is 8.86. The topological polar surface area (TPSA) is 68.5 Å². The Labute approximate surface area is 168 Å². The van der Waals surface area contributed by atoms with Gasteiger partial charge in [-0.3, -0.25) is 4.79 Å². The molecule has 0 unspecified atom stereocenters. The molecule has 150 valence electrons. The van der Waals surface area contributed by atoms with Gasteiger partial charge in [-0.05, 0) is 37.1 Å². The van der Waals surface area contributed by atoms with Crippen LogP contribution in [-0.2, 0) is 4.79 Å². The molecule has 0 atom stereocenters. The van der Waals surface area contributed by atoms with E-state index >= 15 is 0 Å². The van der Waals surface area contributed by atoms with Crippen molar-refractivity contribution in [2.45, 2.75) is 25.7 Å². The van der Waals surface area contributed by atoms with Gasteiger partial charge in [0.15, 0.2) is 6.61 Å². The van der Waals surface area contributed by atoms with Gasteiger partial charge < -0.3 is 14.2 Å². The lowest BCUT2D eigenvalue weighted by atomic mass is 10.2. The molecule has 3 aromatic rings. The molecule has 0 saturated carbocycles. The maximum Gasteiger partial charge on any atom is 0.261 e. The third kappa shape index (κ3) is 4.45. The highest BCUT2D eigenvalue weighted by atomic mass is 19.1. The summed E-state index contributed by atoms with van der Waals surface area (Å²) in [7, 11) is 0. The summed E-state index contributed by atoms with van der Waals surface area (Å²) < 4.78 is 25.0. The smallest absolute Gasteiger partial charge is 0.261 e. The molecular weight excluding hydrogens is 373 g/mol. The molecule has 2 heterocycles. The number of carbonyl (C=O) groups excluding carboxylic acids is 1. The van der Waals surface area contributed by atoms with Crippen molar-refractivity contribution in [2.24, 2.45) is 0 Å². The molecule has 1 fully saturated rings. The van der Waals surface area contributed by atoms with Crippen LogP contribution in [0.1, 0.15) is 25.7 Å². The van der Waals surface area contributed by atoms with E-state index in [1.807, 2.05) is 17.0 Å². The molecule has 0 bridgehead atoms. The van der Waals surface area contributed by atoms with E-state index in [2.05, 4.69) is 10.1 Å². The largest absolute Gasteiger partial charge is 0.483 e. The fraction of sp³-hybridized carbons (Fsp3) is 0.318. The lowest BCUT2D eigenvalue weighted by molar-refractivity contribution is -0.133. The van der Waals surface area contributed by atoms with Crippen molar-refractivity contribution in [1.29, 1.82) is 0 Å². The molecule has 1 aromatic heterocycles. The van der Waals surface area contributed by atoms with Crippen molar-refractivity contribution in [3.63, 3.8) is 0 Å². The van der Waals surface area contributed by atoms with Crippen molar-refractivity contribution in [3.8, 4) is 28.6 Å². The fourth-order valence-corrected chi connectivity index (χ4v) is 3.41. The first kappa shape index (κ1) is 19.1. The summed E-state index contributed by atoms with van der Waals surface area (Å²) in [6, 6.07) is 13.4. The number of benzene rings is 2. The summed E-state index contributed by atoms with van der Waals surface area (Å²) in [5, 5.41) is 3.97. The van der Waals surface area contributed by atoms with E-state index in [4.69, 9.17) is 9.26 Å². The number of amides is 1. The van der Waals surface area contributed by atoms with E-state index in [0.29, 0.717) is 11.3 Å². The summed E-state index contributed by atoms with van der Waals surface area (Å²) in [6.07, 6.45) is 4.39. The Hall–Kier alpha value is -3.22. The number of halogens is 1. The third-order valence-electron chi connectivity index (χ3n) is 4.97. The molecule has 6 nitrogen and oxygen atoms in total. The second-order valence-corrected chi connectivity index (χ2v) is 6.98. The average molecular weight is 395 g/mol. The number of hydrogen-bond donors (Lipinski definition) is 0. The molecule has 1 aliphatic heterocycles. The van der Waals surface area contributed by atoms with E-state index in [-0.39, 0.29) is 29.8 Å². The molecule has 1 aliphatic rings. The highest BCUT2D eigenvalue weighted by Crippen LogP contribution is 2.30. The van der Waals surface area contributed by atoms with Gasteiger partial charge in [-0.15, -0.1) is 0 Å². The number of hydrogen-bond acceptors (Lipinski definition) is 5. The first-order valence-electron chi connectivity index (χ1n) is 9.81. The van der Waals surface area contributed by atoms with Gasteiger partial charge in [0.1, 0.15) is 11.6 Å².